The van der Waals surface area contributed by atoms with Crippen molar-refractivity contribution < 1.29 is 33.6 Å². The number of likely N-dealkylation sites (N-methyl/N-ethyl adjacent to an activating group) is 2. The van der Waals surface area contributed by atoms with E-state index in [1.807, 2.05) is 0 Å². The molecule has 0 aliphatic heterocycles. The average molecular weight is 487 g/mol. The molecular weight excluding hydrogens is 462 g/mol. The summed E-state index contributed by atoms with van der Waals surface area (Å²) >= 11 is 6.41. The lowest BCUT2D eigenvalue weighted by Crippen LogP contribution is -2.60. The minimum absolute atomic E-state index is 0.0320. The molecule has 1 unspecified atom stereocenters. The molecule has 1 aromatic heterocycles. The van der Waals surface area contributed by atoms with Gasteiger partial charge in [0.05, 0.1) is 0 Å². The SMILES string of the molecule is CN(CC(=O)O)C(=O)c1ccc[n+](C(=O)C(=O)N(C)C2(c3ccccc3Cl)CCCCC2=O)c1. The predicted molar refractivity (Wildman–Crippen MR) is 121 cm³/mol. The molecule has 0 spiro atoms. The van der Waals surface area contributed by atoms with E-state index in [0.29, 0.717) is 29.8 Å². The first-order chi connectivity index (χ1) is 16.1. The topological polar surface area (TPSA) is 116 Å². The third kappa shape index (κ3) is 4.70. The Kier molecular flexibility index (Phi) is 7.46. The average Bonchev–Trinajstić information content (AvgIpc) is 2.82. The largest absolute Gasteiger partial charge is 0.482 e. The Morgan fingerprint density at radius 2 is 1.79 bits per heavy atom. The summed E-state index contributed by atoms with van der Waals surface area (Å²) in [5, 5.41) is 9.22. The number of halogens is 1. The van der Waals surface area contributed by atoms with Gasteiger partial charge in [0, 0.05) is 37.2 Å². The summed E-state index contributed by atoms with van der Waals surface area (Å²) in [6.45, 7) is -0.522. The second kappa shape index (κ2) is 10.1. The van der Waals surface area contributed by atoms with Gasteiger partial charge < -0.3 is 14.9 Å². The molecular formula is C24H25ClN3O6+. The van der Waals surface area contributed by atoms with Crippen LogP contribution in [0.1, 0.15) is 46.4 Å². The molecule has 1 aliphatic carbocycles. The lowest BCUT2D eigenvalue weighted by molar-refractivity contribution is -0.569. The molecule has 1 fully saturated rings. The lowest BCUT2D eigenvalue weighted by Gasteiger charge is -2.43. The third-order valence-electron chi connectivity index (χ3n) is 6.03. The first kappa shape index (κ1) is 25.0. The number of ketones is 1. The fourth-order valence-corrected chi connectivity index (χ4v) is 4.57. The number of hydrogen-bond acceptors (Lipinski definition) is 5. The van der Waals surface area contributed by atoms with E-state index in [1.54, 1.807) is 24.3 Å². The van der Waals surface area contributed by atoms with E-state index in [4.69, 9.17) is 16.7 Å². The molecule has 1 N–H and O–H groups in total. The zero-order valence-electron chi connectivity index (χ0n) is 18.9. The van der Waals surface area contributed by atoms with Crippen LogP contribution in [0, 0.1) is 0 Å². The van der Waals surface area contributed by atoms with Crippen LogP contribution in [0.5, 0.6) is 0 Å². The fourth-order valence-electron chi connectivity index (χ4n) is 4.28. The van der Waals surface area contributed by atoms with Crippen LogP contribution in [0.3, 0.4) is 0 Å². The first-order valence-corrected chi connectivity index (χ1v) is 11.1. The van der Waals surface area contributed by atoms with Crippen molar-refractivity contribution in [1.29, 1.82) is 0 Å². The molecule has 34 heavy (non-hydrogen) atoms. The van der Waals surface area contributed by atoms with E-state index in [0.717, 1.165) is 14.4 Å². The molecule has 9 nitrogen and oxygen atoms in total. The van der Waals surface area contributed by atoms with Crippen molar-refractivity contribution in [2.45, 2.75) is 31.2 Å². The zero-order valence-corrected chi connectivity index (χ0v) is 19.6. The quantitative estimate of drug-likeness (QED) is 0.510. The van der Waals surface area contributed by atoms with Crippen molar-refractivity contribution in [3.8, 4) is 0 Å². The Morgan fingerprint density at radius 3 is 2.44 bits per heavy atom. The highest BCUT2D eigenvalue weighted by Gasteiger charge is 2.50. The zero-order chi connectivity index (χ0) is 25.0. The van der Waals surface area contributed by atoms with E-state index in [9.17, 15) is 24.0 Å². The second-order valence-electron chi connectivity index (χ2n) is 8.19. The summed E-state index contributed by atoms with van der Waals surface area (Å²) < 4.78 is 0.953. The second-order valence-corrected chi connectivity index (χ2v) is 8.60. The number of aliphatic carboxylic acids is 1. The van der Waals surface area contributed by atoms with Crippen LogP contribution in [-0.2, 0) is 19.9 Å². The van der Waals surface area contributed by atoms with Crippen LogP contribution < -0.4 is 4.57 Å². The number of nitrogens with zero attached hydrogens (tertiary/aromatic N) is 3. The molecule has 1 aliphatic rings. The normalized spacial score (nSPS) is 17.7. The molecule has 0 bridgehead atoms. The van der Waals surface area contributed by atoms with Gasteiger partial charge in [-0.15, -0.1) is 4.57 Å². The highest BCUT2D eigenvalue weighted by atomic mass is 35.5. The third-order valence-corrected chi connectivity index (χ3v) is 6.36. The van der Waals surface area contributed by atoms with Crippen molar-refractivity contribution in [3.63, 3.8) is 0 Å². The number of amides is 2. The van der Waals surface area contributed by atoms with Crippen LogP contribution in [0.15, 0.2) is 48.8 Å². The number of carbonyl (C=O) groups excluding carboxylic acids is 4. The Labute approximate surface area is 201 Å². The molecule has 3 rings (SSSR count). The highest BCUT2D eigenvalue weighted by molar-refractivity contribution is 6.33. The van der Waals surface area contributed by atoms with Gasteiger partial charge in [0.1, 0.15) is 17.6 Å². The standard InChI is InChI=1S/C24H24ClN3O6/c1-26(15-20(30)31)21(32)16-8-7-13-28(14-16)23(34)22(33)27(2)24(12-6-5-11-19(24)29)17-9-3-4-10-18(17)25/h3-4,7-10,13-14H,5-6,11-12,15H2,1-2H3/p+1. The number of rotatable bonds is 5. The van der Waals surface area contributed by atoms with E-state index in [1.165, 1.54) is 38.6 Å². The summed E-state index contributed by atoms with van der Waals surface area (Å²) in [4.78, 5) is 65.2. The van der Waals surface area contributed by atoms with Gasteiger partial charge in [-0.2, -0.15) is 0 Å². The van der Waals surface area contributed by atoms with Crippen LogP contribution in [-0.4, -0.2) is 65.0 Å². The number of aromatic nitrogens is 1. The molecule has 1 atom stereocenters. The van der Waals surface area contributed by atoms with E-state index >= 15 is 0 Å². The number of benzene rings is 1. The maximum absolute atomic E-state index is 13.3. The van der Waals surface area contributed by atoms with Crippen molar-refractivity contribution in [2.24, 2.45) is 0 Å². The number of carboxylic acid groups (broad SMARTS) is 1. The van der Waals surface area contributed by atoms with Crippen molar-refractivity contribution in [3.05, 3.63) is 64.9 Å². The molecule has 1 saturated carbocycles. The molecule has 0 saturated heterocycles. The Hall–Kier alpha value is -3.59. The summed E-state index contributed by atoms with van der Waals surface area (Å²) in [5.41, 5.74) is -0.877. The fraction of sp³-hybridized carbons (Fsp3) is 0.333. The maximum atomic E-state index is 13.3. The Balaban J connectivity index is 1.95. The predicted octanol–water partition coefficient (Wildman–Crippen LogP) is 1.92. The number of carbonyl (C=O) groups is 5. The van der Waals surface area contributed by atoms with E-state index in [2.05, 4.69) is 0 Å². The molecule has 2 amide bonds. The summed E-state index contributed by atoms with van der Waals surface area (Å²) in [7, 11) is 2.72. The molecule has 10 heteroatoms. The van der Waals surface area contributed by atoms with E-state index < -0.39 is 35.8 Å². The van der Waals surface area contributed by atoms with Crippen molar-refractivity contribution in [2.75, 3.05) is 20.6 Å². The van der Waals surface area contributed by atoms with Gasteiger partial charge in [0.25, 0.3) is 5.91 Å². The molecule has 178 valence electrons. The first-order valence-electron chi connectivity index (χ1n) is 10.7. The summed E-state index contributed by atoms with van der Waals surface area (Å²) in [6, 6.07) is 9.59. The van der Waals surface area contributed by atoms with Crippen LogP contribution in [0.2, 0.25) is 5.02 Å². The molecule has 1 aromatic carbocycles. The number of carboxylic acids is 1. The van der Waals surface area contributed by atoms with Crippen LogP contribution in [0.4, 0.5) is 0 Å². The molecule has 1 heterocycles. The smallest absolute Gasteiger partial charge is 0.480 e. The molecule has 2 aromatic rings. The van der Waals surface area contributed by atoms with Crippen molar-refractivity contribution >= 4 is 41.1 Å². The van der Waals surface area contributed by atoms with Gasteiger partial charge in [-0.3, -0.25) is 19.2 Å². The lowest BCUT2D eigenvalue weighted by atomic mass is 9.74. The number of hydrogen-bond donors (Lipinski definition) is 1. The van der Waals surface area contributed by atoms with Gasteiger partial charge >= 0.3 is 17.8 Å². The summed E-state index contributed by atoms with van der Waals surface area (Å²) in [5.74, 6) is -3.92. The van der Waals surface area contributed by atoms with Crippen LogP contribution >= 0.6 is 11.6 Å². The minimum Gasteiger partial charge on any atom is -0.480 e. The number of pyridine rings is 1. The Bertz CT molecular complexity index is 1170. The minimum atomic E-state index is -1.38. The highest BCUT2D eigenvalue weighted by Crippen LogP contribution is 2.42. The number of Topliss-reactive ketones (excluding diaryl/α,β-unsaturated/α-hetero) is 1. The monoisotopic (exact) mass is 486 g/mol. The van der Waals surface area contributed by atoms with E-state index in [-0.39, 0.29) is 17.8 Å². The summed E-state index contributed by atoms with van der Waals surface area (Å²) in [6.07, 6.45) is 4.42. The van der Waals surface area contributed by atoms with Crippen molar-refractivity contribution in [1.82, 2.24) is 9.80 Å². The van der Waals surface area contributed by atoms with Gasteiger partial charge in [0.15, 0.2) is 18.2 Å². The maximum Gasteiger partial charge on any atom is 0.482 e. The molecule has 0 radical (unpaired) electrons. The van der Waals surface area contributed by atoms with Gasteiger partial charge in [-0.05, 0) is 31.4 Å². The Morgan fingerprint density at radius 1 is 1.09 bits per heavy atom. The van der Waals surface area contributed by atoms with Gasteiger partial charge in [-0.1, -0.05) is 29.8 Å². The van der Waals surface area contributed by atoms with Gasteiger partial charge in [0.2, 0.25) is 0 Å². The van der Waals surface area contributed by atoms with Gasteiger partial charge in [-0.25, -0.2) is 4.79 Å². The van der Waals surface area contributed by atoms with Crippen LogP contribution in [0.25, 0.3) is 0 Å².